The van der Waals surface area contributed by atoms with Crippen molar-refractivity contribution in [3.8, 4) is 0 Å². The molecule has 0 radical (unpaired) electrons. The smallest absolute Gasteiger partial charge is 0.328 e. The maximum absolute atomic E-state index is 12.2. The molecule has 0 saturated heterocycles. The van der Waals surface area contributed by atoms with Crippen molar-refractivity contribution in [2.45, 2.75) is 51.4 Å². The van der Waals surface area contributed by atoms with Crippen molar-refractivity contribution in [1.82, 2.24) is 16.0 Å². The van der Waals surface area contributed by atoms with Crippen LogP contribution in [0.4, 0.5) is 0 Å². The van der Waals surface area contributed by atoms with Crippen LogP contribution in [0.3, 0.4) is 0 Å². The minimum atomic E-state index is -1.48. The van der Waals surface area contributed by atoms with Gasteiger partial charge in [0, 0.05) is 5.75 Å². The van der Waals surface area contributed by atoms with E-state index < -0.39 is 54.5 Å². The molecule has 150 valence electrons. The SMILES string of the molecule is CCC(C)C(N)C(=O)NC(CS)C(=O)NC(C)C(=O)NC(CO)C(=O)O. The fraction of sp³-hybridized carbons (Fsp3) is 0.733. The average molecular weight is 392 g/mol. The molecule has 0 aliphatic carbocycles. The summed E-state index contributed by atoms with van der Waals surface area (Å²) in [6.07, 6.45) is 0.694. The van der Waals surface area contributed by atoms with Gasteiger partial charge >= 0.3 is 5.97 Å². The van der Waals surface area contributed by atoms with Crippen LogP contribution in [-0.4, -0.2) is 70.4 Å². The van der Waals surface area contributed by atoms with Crippen molar-refractivity contribution < 1.29 is 29.4 Å². The first-order chi connectivity index (χ1) is 12.1. The number of nitrogens with one attached hydrogen (secondary N) is 3. The van der Waals surface area contributed by atoms with Gasteiger partial charge in [0.1, 0.15) is 18.1 Å². The van der Waals surface area contributed by atoms with Gasteiger partial charge in [-0.3, -0.25) is 14.4 Å². The van der Waals surface area contributed by atoms with E-state index in [0.717, 1.165) is 0 Å². The normalized spacial score (nSPS) is 16.5. The Bertz CT molecular complexity index is 518. The number of thiol groups is 1. The van der Waals surface area contributed by atoms with Crippen LogP contribution in [0.5, 0.6) is 0 Å². The predicted octanol–water partition coefficient (Wildman–Crippen LogP) is -2.16. The third-order valence-corrected chi connectivity index (χ3v) is 4.29. The third-order valence-electron chi connectivity index (χ3n) is 3.92. The lowest BCUT2D eigenvalue weighted by Crippen LogP contribution is -2.57. The predicted molar refractivity (Wildman–Crippen MR) is 97.5 cm³/mol. The van der Waals surface area contributed by atoms with Gasteiger partial charge in [-0.1, -0.05) is 20.3 Å². The number of nitrogens with two attached hydrogens (primary N) is 1. The Morgan fingerprint density at radius 2 is 1.54 bits per heavy atom. The van der Waals surface area contributed by atoms with Gasteiger partial charge < -0.3 is 31.9 Å². The topological polar surface area (TPSA) is 171 Å². The van der Waals surface area contributed by atoms with Crippen molar-refractivity contribution in [1.29, 1.82) is 0 Å². The molecule has 0 rings (SSSR count). The van der Waals surface area contributed by atoms with Crippen LogP contribution in [-0.2, 0) is 19.2 Å². The maximum Gasteiger partial charge on any atom is 0.328 e. The maximum atomic E-state index is 12.2. The number of aliphatic hydroxyl groups excluding tert-OH is 1. The largest absolute Gasteiger partial charge is 0.480 e. The lowest BCUT2D eigenvalue weighted by atomic mass is 9.99. The molecule has 0 aromatic heterocycles. The van der Waals surface area contributed by atoms with Crippen molar-refractivity contribution >= 4 is 36.3 Å². The second-order valence-electron chi connectivity index (χ2n) is 5.97. The van der Waals surface area contributed by atoms with Crippen LogP contribution in [0.1, 0.15) is 27.2 Å². The van der Waals surface area contributed by atoms with Gasteiger partial charge in [0.05, 0.1) is 12.6 Å². The highest BCUT2D eigenvalue weighted by Gasteiger charge is 2.28. The highest BCUT2D eigenvalue weighted by molar-refractivity contribution is 7.80. The van der Waals surface area contributed by atoms with E-state index in [9.17, 15) is 19.2 Å². The zero-order valence-corrected chi connectivity index (χ0v) is 16.0. The summed E-state index contributed by atoms with van der Waals surface area (Å²) in [5.74, 6) is -3.46. The number of carboxylic acids is 1. The zero-order valence-electron chi connectivity index (χ0n) is 15.1. The van der Waals surface area contributed by atoms with Crippen molar-refractivity contribution in [3.63, 3.8) is 0 Å². The Hall–Kier alpha value is -1.85. The summed E-state index contributed by atoms with van der Waals surface area (Å²) < 4.78 is 0. The van der Waals surface area contributed by atoms with Crippen molar-refractivity contribution in [2.75, 3.05) is 12.4 Å². The summed E-state index contributed by atoms with van der Waals surface area (Å²) in [6, 6.07) is -4.35. The highest BCUT2D eigenvalue weighted by Crippen LogP contribution is 2.05. The van der Waals surface area contributed by atoms with E-state index >= 15 is 0 Å². The average Bonchev–Trinajstić information content (AvgIpc) is 2.61. The second-order valence-corrected chi connectivity index (χ2v) is 6.33. The summed E-state index contributed by atoms with van der Waals surface area (Å²) in [6.45, 7) is 4.25. The number of hydrogen-bond acceptors (Lipinski definition) is 7. The Morgan fingerprint density at radius 1 is 1.00 bits per heavy atom. The van der Waals surface area contributed by atoms with Crippen LogP contribution in [0.2, 0.25) is 0 Å². The number of amides is 3. The number of hydrogen-bond donors (Lipinski definition) is 7. The first-order valence-electron chi connectivity index (χ1n) is 8.20. The van der Waals surface area contributed by atoms with E-state index in [0.29, 0.717) is 6.42 Å². The molecule has 0 aliphatic heterocycles. The fourth-order valence-corrected chi connectivity index (χ4v) is 2.09. The number of carbonyl (C=O) groups is 4. The van der Waals surface area contributed by atoms with Crippen LogP contribution in [0, 0.1) is 5.92 Å². The molecule has 10 nitrogen and oxygen atoms in total. The molecule has 5 unspecified atom stereocenters. The van der Waals surface area contributed by atoms with Crippen LogP contribution in [0.15, 0.2) is 0 Å². The van der Waals surface area contributed by atoms with E-state index in [-0.39, 0.29) is 11.7 Å². The van der Waals surface area contributed by atoms with Gasteiger partial charge in [-0.25, -0.2) is 4.79 Å². The van der Waals surface area contributed by atoms with E-state index in [4.69, 9.17) is 15.9 Å². The molecule has 7 N–H and O–H groups in total. The molecule has 0 aromatic rings. The molecule has 0 spiro atoms. The monoisotopic (exact) mass is 392 g/mol. The number of carboxylic acid groups (broad SMARTS) is 1. The Kier molecular flexibility index (Phi) is 10.9. The van der Waals surface area contributed by atoms with Crippen LogP contribution in [0.25, 0.3) is 0 Å². The second kappa shape index (κ2) is 11.7. The van der Waals surface area contributed by atoms with Crippen molar-refractivity contribution in [3.05, 3.63) is 0 Å². The number of aliphatic hydroxyl groups is 1. The van der Waals surface area contributed by atoms with Crippen molar-refractivity contribution in [2.24, 2.45) is 11.7 Å². The molecule has 0 aromatic carbocycles. The van der Waals surface area contributed by atoms with Gasteiger partial charge in [0.25, 0.3) is 0 Å². The van der Waals surface area contributed by atoms with Crippen LogP contribution < -0.4 is 21.7 Å². The fourth-order valence-electron chi connectivity index (χ4n) is 1.84. The zero-order chi connectivity index (χ0) is 20.4. The summed E-state index contributed by atoms with van der Waals surface area (Å²) in [5, 5.41) is 24.6. The highest BCUT2D eigenvalue weighted by atomic mass is 32.1. The first kappa shape index (κ1) is 24.1. The summed E-state index contributed by atoms with van der Waals surface area (Å²) >= 11 is 4.02. The Labute approximate surface area is 157 Å². The Morgan fingerprint density at radius 3 is 1.96 bits per heavy atom. The van der Waals surface area contributed by atoms with Gasteiger partial charge in [0.2, 0.25) is 17.7 Å². The minimum absolute atomic E-state index is 0.0203. The summed E-state index contributed by atoms with van der Waals surface area (Å²) in [5.41, 5.74) is 5.81. The first-order valence-corrected chi connectivity index (χ1v) is 8.83. The minimum Gasteiger partial charge on any atom is -0.480 e. The van der Waals surface area contributed by atoms with Gasteiger partial charge in [-0.05, 0) is 12.8 Å². The number of aliphatic carboxylic acids is 1. The molecule has 0 saturated carbocycles. The molecule has 0 aliphatic rings. The molecule has 0 fully saturated rings. The van der Waals surface area contributed by atoms with E-state index in [1.54, 1.807) is 0 Å². The van der Waals surface area contributed by atoms with Gasteiger partial charge in [0.15, 0.2) is 0 Å². The number of rotatable bonds is 11. The molecule has 11 heteroatoms. The molecule has 26 heavy (non-hydrogen) atoms. The standard InChI is InChI=1S/C15H28N4O6S/c1-4-7(2)11(16)14(23)19-10(6-26)13(22)17-8(3)12(21)18-9(5-20)15(24)25/h7-11,20,26H,4-6,16H2,1-3H3,(H,17,22)(H,18,21)(H,19,23)(H,24,25). The third kappa shape index (κ3) is 7.58. The van der Waals surface area contributed by atoms with Gasteiger partial charge in [-0.2, -0.15) is 12.6 Å². The van der Waals surface area contributed by atoms with E-state index in [1.165, 1.54) is 6.92 Å². The Balaban J connectivity index is 4.76. The summed E-state index contributed by atoms with van der Waals surface area (Å²) in [7, 11) is 0. The van der Waals surface area contributed by atoms with Crippen LogP contribution >= 0.6 is 12.6 Å². The number of carbonyl (C=O) groups excluding carboxylic acids is 3. The molecular weight excluding hydrogens is 364 g/mol. The molecular formula is C15H28N4O6S. The van der Waals surface area contributed by atoms with Gasteiger partial charge in [-0.15, -0.1) is 0 Å². The lowest BCUT2D eigenvalue weighted by molar-refractivity contribution is -0.143. The summed E-state index contributed by atoms with van der Waals surface area (Å²) in [4.78, 5) is 47.0. The lowest BCUT2D eigenvalue weighted by Gasteiger charge is -2.23. The molecule has 0 bridgehead atoms. The molecule has 0 heterocycles. The van der Waals surface area contributed by atoms with E-state index in [2.05, 4.69) is 28.6 Å². The molecule has 3 amide bonds. The molecule has 5 atom stereocenters. The van der Waals surface area contributed by atoms with E-state index in [1.807, 2.05) is 13.8 Å². The quantitative estimate of drug-likeness (QED) is 0.196.